The molecule has 0 radical (unpaired) electrons. The first-order valence-corrected chi connectivity index (χ1v) is 6.03. The number of rotatable bonds is 1. The van der Waals surface area contributed by atoms with E-state index in [9.17, 15) is 4.79 Å². The van der Waals surface area contributed by atoms with E-state index in [-0.39, 0.29) is 17.4 Å². The van der Waals surface area contributed by atoms with Crippen LogP contribution >= 0.6 is 0 Å². The number of methoxy groups -OCH3 is 1. The van der Waals surface area contributed by atoms with E-state index < -0.39 is 0 Å². The molecule has 1 N–H and O–H groups in total. The van der Waals surface area contributed by atoms with E-state index in [0.29, 0.717) is 17.9 Å². The molecule has 0 spiro atoms. The normalized spacial score (nSPS) is 18.3. The maximum absolute atomic E-state index is 11.4. The Morgan fingerprint density at radius 1 is 1.44 bits per heavy atom. The quantitative estimate of drug-likeness (QED) is 0.777. The van der Waals surface area contributed by atoms with E-state index in [4.69, 9.17) is 4.74 Å². The zero-order valence-electron chi connectivity index (χ0n) is 11.2. The van der Waals surface area contributed by atoms with Crippen molar-refractivity contribution >= 4 is 11.7 Å². The van der Waals surface area contributed by atoms with Crippen LogP contribution in [0.15, 0.2) is 18.2 Å². The Kier molecular flexibility index (Phi) is 3.20. The molecule has 1 unspecified atom stereocenters. The Morgan fingerprint density at radius 3 is 2.78 bits per heavy atom. The number of hydrogen-bond donors (Lipinski definition) is 1. The fraction of sp³-hybridized carbons (Fsp3) is 0.500. The number of fused-ring (bicyclic) bond motifs is 1. The number of ether oxygens (including phenoxy) is 2. The van der Waals surface area contributed by atoms with Crippen molar-refractivity contribution in [2.45, 2.75) is 26.8 Å². The van der Waals surface area contributed by atoms with Crippen LogP contribution in [0, 0.1) is 5.41 Å². The predicted molar refractivity (Wildman–Crippen MR) is 70.1 cm³/mol. The molecule has 0 saturated carbocycles. The minimum absolute atomic E-state index is 0.124. The first kappa shape index (κ1) is 12.7. The molecule has 98 valence electrons. The van der Waals surface area contributed by atoms with Crippen molar-refractivity contribution in [3.63, 3.8) is 0 Å². The van der Waals surface area contributed by atoms with Gasteiger partial charge in [0.15, 0.2) is 0 Å². The highest BCUT2D eigenvalue weighted by Crippen LogP contribution is 2.34. The monoisotopic (exact) mass is 249 g/mol. The van der Waals surface area contributed by atoms with Gasteiger partial charge in [-0.05, 0) is 23.6 Å². The smallest absolute Gasteiger partial charge is 0.337 e. The lowest BCUT2D eigenvalue weighted by atomic mass is 9.86. The Hall–Kier alpha value is -1.71. The molecule has 0 fully saturated rings. The molecule has 4 heteroatoms. The van der Waals surface area contributed by atoms with Crippen molar-refractivity contribution in [2.75, 3.05) is 19.0 Å². The number of anilines is 1. The van der Waals surface area contributed by atoms with E-state index in [0.717, 1.165) is 5.69 Å². The second kappa shape index (κ2) is 4.52. The second-order valence-electron chi connectivity index (χ2n) is 5.58. The summed E-state index contributed by atoms with van der Waals surface area (Å²) in [6.45, 7) is 7.10. The molecule has 4 nitrogen and oxygen atoms in total. The van der Waals surface area contributed by atoms with Crippen LogP contribution in [0.4, 0.5) is 5.69 Å². The van der Waals surface area contributed by atoms with Gasteiger partial charge in [0.25, 0.3) is 0 Å². The van der Waals surface area contributed by atoms with Gasteiger partial charge in [-0.3, -0.25) is 0 Å². The third-order valence-corrected chi connectivity index (χ3v) is 3.18. The fourth-order valence-electron chi connectivity index (χ4n) is 1.87. The van der Waals surface area contributed by atoms with Gasteiger partial charge in [0, 0.05) is 0 Å². The summed E-state index contributed by atoms with van der Waals surface area (Å²) in [5.41, 5.74) is 1.56. The van der Waals surface area contributed by atoms with Crippen molar-refractivity contribution in [1.82, 2.24) is 0 Å². The average molecular weight is 249 g/mol. The molecule has 1 aromatic rings. The van der Waals surface area contributed by atoms with Gasteiger partial charge < -0.3 is 14.8 Å². The van der Waals surface area contributed by atoms with Crippen molar-refractivity contribution in [3.05, 3.63) is 23.8 Å². The summed E-state index contributed by atoms with van der Waals surface area (Å²) in [5, 5.41) is 3.44. The summed E-state index contributed by atoms with van der Waals surface area (Å²) in [7, 11) is 1.37. The molecule has 2 rings (SSSR count). The first-order valence-electron chi connectivity index (χ1n) is 6.03. The largest absolute Gasteiger partial charge is 0.489 e. The van der Waals surface area contributed by atoms with Crippen LogP contribution < -0.4 is 10.1 Å². The maximum atomic E-state index is 11.4. The Balaban J connectivity index is 2.23. The molecule has 0 bridgehead atoms. The van der Waals surface area contributed by atoms with Gasteiger partial charge in [0.1, 0.15) is 12.4 Å². The number of esters is 1. The minimum Gasteiger partial charge on any atom is -0.489 e. The lowest BCUT2D eigenvalue weighted by Crippen LogP contribution is -2.41. The highest BCUT2D eigenvalue weighted by Gasteiger charge is 2.29. The molecule has 1 aromatic carbocycles. The van der Waals surface area contributed by atoms with Crippen LogP contribution in [0.25, 0.3) is 0 Å². The molecule has 1 aliphatic rings. The molecule has 0 amide bonds. The molecular weight excluding hydrogens is 230 g/mol. The van der Waals surface area contributed by atoms with Gasteiger partial charge >= 0.3 is 5.97 Å². The lowest BCUT2D eigenvalue weighted by molar-refractivity contribution is 0.0600. The van der Waals surface area contributed by atoms with Crippen LogP contribution in [0.5, 0.6) is 5.75 Å². The van der Waals surface area contributed by atoms with E-state index in [2.05, 4.69) is 30.8 Å². The zero-order valence-corrected chi connectivity index (χ0v) is 11.2. The predicted octanol–water partition coefficient (Wildman–Crippen LogP) is 2.69. The Bertz CT molecular complexity index is 463. The SMILES string of the molecule is COC(=O)c1ccc2c(c1)OCC(C(C)(C)C)N2. The third kappa shape index (κ3) is 2.42. The number of carbonyl (C=O) groups is 1. The maximum Gasteiger partial charge on any atom is 0.337 e. The molecule has 1 atom stereocenters. The summed E-state index contributed by atoms with van der Waals surface area (Å²) in [6, 6.07) is 5.58. The van der Waals surface area contributed by atoms with Crippen molar-refractivity contribution in [1.29, 1.82) is 0 Å². The molecule has 18 heavy (non-hydrogen) atoms. The van der Waals surface area contributed by atoms with Gasteiger partial charge in [0.2, 0.25) is 0 Å². The van der Waals surface area contributed by atoms with Crippen LogP contribution in [0.3, 0.4) is 0 Å². The molecule has 0 aliphatic carbocycles. The summed E-state index contributed by atoms with van der Waals surface area (Å²) in [4.78, 5) is 11.4. The summed E-state index contributed by atoms with van der Waals surface area (Å²) >= 11 is 0. The Labute approximate surface area is 107 Å². The summed E-state index contributed by atoms with van der Waals surface area (Å²) in [6.07, 6.45) is 0. The highest BCUT2D eigenvalue weighted by molar-refractivity contribution is 5.90. The van der Waals surface area contributed by atoms with E-state index in [1.807, 2.05) is 6.07 Å². The fourth-order valence-corrected chi connectivity index (χ4v) is 1.87. The number of benzene rings is 1. The number of nitrogens with one attached hydrogen (secondary N) is 1. The van der Waals surface area contributed by atoms with Crippen molar-refractivity contribution in [2.24, 2.45) is 5.41 Å². The van der Waals surface area contributed by atoms with Crippen LogP contribution in [-0.4, -0.2) is 25.7 Å². The topological polar surface area (TPSA) is 47.6 Å². The number of hydrogen-bond acceptors (Lipinski definition) is 4. The van der Waals surface area contributed by atoms with Gasteiger partial charge in [-0.15, -0.1) is 0 Å². The van der Waals surface area contributed by atoms with Gasteiger partial charge in [-0.2, -0.15) is 0 Å². The van der Waals surface area contributed by atoms with Gasteiger partial charge in [-0.25, -0.2) is 4.79 Å². The first-order chi connectivity index (χ1) is 8.41. The minimum atomic E-state index is -0.348. The molecular formula is C14H19NO3. The van der Waals surface area contributed by atoms with E-state index >= 15 is 0 Å². The Morgan fingerprint density at radius 2 is 2.17 bits per heavy atom. The molecule has 0 aromatic heterocycles. The van der Waals surface area contributed by atoms with E-state index in [1.54, 1.807) is 12.1 Å². The summed E-state index contributed by atoms with van der Waals surface area (Å²) in [5.74, 6) is 0.359. The van der Waals surface area contributed by atoms with Gasteiger partial charge in [0.05, 0.1) is 24.4 Å². The van der Waals surface area contributed by atoms with Crippen LogP contribution in [-0.2, 0) is 4.74 Å². The van der Waals surface area contributed by atoms with Crippen molar-refractivity contribution < 1.29 is 14.3 Å². The number of carbonyl (C=O) groups excluding carboxylic acids is 1. The second-order valence-corrected chi connectivity index (χ2v) is 5.58. The van der Waals surface area contributed by atoms with Crippen molar-refractivity contribution in [3.8, 4) is 5.75 Å². The average Bonchev–Trinajstić information content (AvgIpc) is 2.35. The molecule has 1 aliphatic heterocycles. The zero-order chi connectivity index (χ0) is 13.3. The summed E-state index contributed by atoms with van der Waals surface area (Å²) < 4.78 is 10.4. The van der Waals surface area contributed by atoms with E-state index in [1.165, 1.54) is 7.11 Å². The lowest BCUT2D eigenvalue weighted by Gasteiger charge is -2.36. The van der Waals surface area contributed by atoms with Gasteiger partial charge in [-0.1, -0.05) is 20.8 Å². The molecule has 0 saturated heterocycles. The third-order valence-electron chi connectivity index (χ3n) is 3.18. The standard InChI is InChI=1S/C14H19NO3/c1-14(2,3)12-8-18-11-7-9(13(16)17-4)5-6-10(11)15-12/h5-7,12,15H,8H2,1-4H3. The highest BCUT2D eigenvalue weighted by atomic mass is 16.5. The van der Waals surface area contributed by atoms with Crippen LogP contribution in [0.1, 0.15) is 31.1 Å². The molecule has 1 heterocycles. The van der Waals surface area contributed by atoms with Crippen LogP contribution in [0.2, 0.25) is 0 Å².